The highest BCUT2D eigenvalue weighted by atomic mass is 32.1. The first-order valence-corrected chi connectivity index (χ1v) is 11.0. The maximum atomic E-state index is 12.6. The van der Waals surface area contributed by atoms with E-state index in [4.69, 9.17) is 4.74 Å². The lowest BCUT2D eigenvalue weighted by molar-refractivity contribution is -0.116. The topological polar surface area (TPSA) is 66.5 Å². The maximum absolute atomic E-state index is 12.6. The molecule has 1 aromatic heterocycles. The molecular formula is C23H26N4O2S. The minimum absolute atomic E-state index is 0.0756. The molecule has 3 aromatic rings. The summed E-state index contributed by atoms with van der Waals surface area (Å²) in [6.45, 7) is 7.16. The summed E-state index contributed by atoms with van der Waals surface area (Å²) in [5, 5.41) is 9.34. The number of nitrogens with zero attached hydrogens (tertiary/aromatic N) is 2. The second-order valence-corrected chi connectivity index (χ2v) is 8.39. The molecule has 1 aliphatic heterocycles. The van der Waals surface area contributed by atoms with E-state index in [0.29, 0.717) is 0 Å². The number of nitrogens with one attached hydrogen (secondary N) is 2. The van der Waals surface area contributed by atoms with Crippen LogP contribution >= 0.6 is 11.3 Å². The van der Waals surface area contributed by atoms with Gasteiger partial charge in [-0.25, -0.2) is 4.98 Å². The molecule has 4 rings (SSSR count). The molecule has 1 fully saturated rings. The van der Waals surface area contributed by atoms with Crippen LogP contribution in [0.3, 0.4) is 0 Å². The largest absolute Gasteiger partial charge is 0.378 e. The van der Waals surface area contributed by atoms with Crippen LogP contribution in [0.2, 0.25) is 0 Å². The number of carbonyl (C=O) groups is 1. The van der Waals surface area contributed by atoms with Crippen molar-refractivity contribution in [1.29, 1.82) is 0 Å². The van der Waals surface area contributed by atoms with Crippen molar-refractivity contribution in [1.82, 2.24) is 4.98 Å². The quantitative estimate of drug-likeness (QED) is 0.617. The number of rotatable bonds is 6. The van der Waals surface area contributed by atoms with Crippen LogP contribution < -0.4 is 15.5 Å². The van der Waals surface area contributed by atoms with Crippen LogP contribution in [0, 0.1) is 6.92 Å². The first-order valence-electron chi connectivity index (χ1n) is 10.1. The Morgan fingerprint density at radius 3 is 2.37 bits per heavy atom. The Hall–Kier alpha value is -2.90. The van der Waals surface area contributed by atoms with Gasteiger partial charge in [0.05, 0.1) is 23.9 Å². The standard InChI is InChI=1S/C23H26N4O2S/c1-16(24-19-5-3-18(4-6-19)22-15-30-17(2)25-22)23(28)26-20-7-9-21(10-8-20)27-11-13-29-14-12-27/h3-10,15-16,24H,11-14H2,1-2H3,(H,26,28). The van der Waals surface area contributed by atoms with Gasteiger partial charge in [-0.1, -0.05) is 12.1 Å². The van der Waals surface area contributed by atoms with E-state index in [1.54, 1.807) is 11.3 Å². The van der Waals surface area contributed by atoms with Crippen molar-refractivity contribution in [3.63, 3.8) is 0 Å². The number of carbonyl (C=O) groups excluding carboxylic acids is 1. The molecule has 1 saturated heterocycles. The van der Waals surface area contributed by atoms with Crippen LogP contribution in [-0.4, -0.2) is 43.2 Å². The molecule has 1 amide bonds. The molecule has 2 heterocycles. The Balaban J connectivity index is 1.32. The molecule has 0 spiro atoms. The van der Waals surface area contributed by atoms with Crippen molar-refractivity contribution in [2.45, 2.75) is 19.9 Å². The van der Waals surface area contributed by atoms with Crippen molar-refractivity contribution >= 4 is 34.3 Å². The number of morpholine rings is 1. The van der Waals surface area contributed by atoms with Crippen LogP contribution in [0.4, 0.5) is 17.1 Å². The van der Waals surface area contributed by atoms with Crippen LogP contribution in [0.15, 0.2) is 53.9 Å². The van der Waals surface area contributed by atoms with E-state index in [1.807, 2.05) is 62.4 Å². The highest BCUT2D eigenvalue weighted by molar-refractivity contribution is 7.09. The molecule has 1 atom stereocenters. The molecule has 0 radical (unpaired) electrons. The maximum Gasteiger partial charge on any atom is 0.246 e. The van der Waals surface area contributed by atoms with Gasteiger partial charge in [-0.3, -0.25) is 4.79 Å². The van der Waals surface area contributed by atoms with Crippen molar-refractivity contribution in [3.05, 3.63) is 58.9 Å². The highest BCUT2D eigenvalue weighted by Crippen LogP contribution is 2.24. The average molecular weight is 423 g/mol. The Kier molecular flexibility index (Phi) is 6.30. The normalized spacial score (nSPS) is 14.9. The summed E-state index contributed by atoms with van der Waals surface area (Å²) < 4.78 is 5.39. The van der Waals surface area contributed by atoms with Gasteiger partial charge >= 0.3 is 0 Å². The van der Waals surface area contributed by atoms with Crippen molar-refractivity contribution in [2.24, 2.45) is 0 Å². The summed E-state index contributed by atoms with van der Waals surface area (Å²) >= 11 is 1.64. The van der Waals surface area contributed by atoms with Gasteiger partial charge in [-0.2, -0.15) is 0 Å². The molecule has 2 N–H and O–H groups in total. The number of aromatic nitrogens is 1. The zero-order chi connectivity index (χ0) is 20.9. The van der Waals surface area contributed by atoms with Crippen molar-refractivity contribution in [2.75, 3.05) is 41.8 Å². The summed E-state index contributed by atoms with van der Waals surface area (Å²) in [6, 6.07) is 15.6. The summed E-state index contributed by atoms with van der Waals surface area (Å²) in [5.41, 5.74) is 4.89. The second-order valence-electron chi connectivity index (χ2n) is 7.33. The molecule has 30 heavy (non-hydrogen) atoms. The predicted octanol–water partition coefficient (Wildman–Crippen LogP) is 4.39. The average Bonchev–Trinajstić information content (AvgIpc) is 3.21. The van der Waals surface area contributed by atoms with Crippen LogP contribution in [0.25, 0.3) is 11.3 Å². The summed E-state index contributed by atoms with van der Waals surface area (Å²) in [5.74, 6) is -0.0756. The van der Waals surface area contributed by atoms with Crippen molar-refractivity contribution < 1.29 is 9.53 Å². The smallest absolute Gasteiger partial charge is 0.246 e. The van der Waals surface area contributed by atoms with Gasteiger partial charge in [0.1, 0.15) is 6.04 Å². The molecule has 1 aliphatic rings. The number of hydrogen-bond acceptors (Lipinski definition) is 6. The molecule has 0 saturated carbocycles. The van der Waals surface area contributed by atoms with E-state index in [1.165, 1.54) is 0 Å². The molecular weight excluding hydrogens is 396 g/mol. The fraction of sp³-hybridized carbons (Fsp3) is 0.304. The van der Waals surface area contributed by atoms with Crippen LogP contribution in [0.1, 0.15) is 11.9 Å². The summed E-state index contributed by atoms with van der Waals surface area (Å²) in [7, 11) is 0. The molecule has 0 aliphatic carbocycles. The predicted molar refractivity (Wildman–Crippen MR) is 123 cm³/mol. The highest BCUT2D eigenvalue weighted by Gasteiger charge is 2.14. The molecule has 7 heteroatoms. The molecule has 0 bridgehead atoms. The van der Waals surface area contributed by atoms with Crippen LogP contribution in [-0.2, 0) is 9.53 Å². The molecule has 6 nitrogen and oxygen atoms in total. The third-order valence-corrected chi connectivity index (χ3v) is 5.86. The van der Waals surface area contributed by atoms with Gasteiger partial charge < -0.3 is 20.3 Å². The minimum Gasteiger partial charge on any atom is -0.378 e. The fourth-order valence-corrected chi connectivity index (χ4v) is 4.00. The number of amides is 1. The lowest BCUT2D eigenvalue weighted by Crippen LogP contribution is -2.36. The number of thiazole rings is 1. The minimum atomic E-state index is -0.365. The number of hydrogen-bond donors (Lipinski definition) is 2. The third-order valence-electron chi connectivity index (χ3n) is 5.09. The van der Waals surface area contributed by atoms with Gasteiger partial charge in [0.15, 0.2) is 0 Å². The third kappa shape index (κ3) is 4.98. The van der Waals surface area contributed by atoms with Gasteiger partial charge in [0.2, 0.25) is 5.91 Å². The Morgan fingerprint density at radius 2 is 1.73 bits per heavy atom. The lowest BCUT2D eigenvalue weighted by Gasteiger charge is -2.29. The Labute approximate surface area is 180 Å². The Bertz CT molecular complexity index is 979. The lowest BCUT2D eigenvalue weighted by atomic mass is 10.1. The summed E-state index contributed by atoms with van der Waals surface area (Å²) in [6.07, 6.45) is 0. The van der Waals surface area contributed by atoms with Crippen LogP contribution in [0.5, 0.6) is 0 Å². The first-order chi connectivity index (χ1) is 14.6. The number of anilines is 3. The van der Waals surface area contributed by atoms with Gasteiger partial charge in [-0.15, -0.1) is 11.3 Å². The van der Waals surface area contributed by atoms with Crippen molar-refractivity contribution in [3.8, 4) is 11.3 Å². The Morgan fingerprint density at radius 1 is 1.07 bits per heavy atom. The monoisotopic (exact) mass is 422 g/mol. The zero-order valence-corrected chi connectivity index (χ0v) is 18.0. The van der Waals surface area contributed by atoms with E-state index < -0.39 is 0 Å². The molecule has 156 valence electrons. The summed E-state index contributed by atoms with van der Waals surface area (Å²) in [4.78, 5) is 19.4. The molecule has 1 unspecified atom stereocenters. The number of ether oxygens (including phenoxy) is 1. The number of benzene rings is 2. The zero-order valence-electron chi connectivity index (χ0n) is 17.2. The van der Waals surface area contributed by atoms with E-state index in [2.05, 4.69) is 25.9 Å². The molecule has 2 aromatic carbocycles. The van der Waals surface area contributed by atoms with Gasteiger partial charge in [0, 0.05) is 41.1 Å². The van der Waals surface area contributed by atoms with E-state index in [0.717, 1.165) is 59.6 Å². The van der Waals surface area contributed by atoms with Gasteiger partial charge in [-0.05, 0) is 50.2 Å². The number of aryl methyl sites for hydroxylation is 1. The first kappa shape index (κ1) is 20.4. The van der Waals surface area contributed by atoms with E-state index in [-0.39, 0.29) is 11.9 Å². The van der Waals surface area contributed by atoms with E-state index >= 15 is 0 Å². The van der Waals surface area contributed by atoms with E-state index in [9.17, 15) is 4.79 Å². The fourth-order valence-electron chi connectivity index (χ4n) is 3.38. The van der Waals surface area contributed by atoms with Gasteiger partial charge in [0.25, 0.3) is 0 Å². The second kappa shape index (κ2) is 9.28. The SMILES string of the molecule is Cc1nc(-c2ccc(NC(C)C(=O)Nc3ccc(N4CCOCC4)cc3)cc2)cs1.